The lowest BCUT2D eigenvalue weighted by atomic mass is 10.2. The number of fused-ring (bicyclic) bond motifs is 1. The fraction of sp³-hybridized carbons (Fsp3) is 0. The van der Waals surface area contributed by atoms with Gasteiger partial charge in [0.25, 0.3) is 0 Å². The van der Waals surface area contributed by atoms with Gasteiger partial charge in [-0.1, -0.05) is 0 Å². The van der Waals surface area contributed by atoms with Crippen LogP contribution in [0, 0.1) is 17.5 Å². The lowest BCUT2D eigenvalue weighted by Gasteiger charge is -1.95. The number of halogens is 3. The molecule has 1 aromatic heterocycles. The van der Waals surface area contributed by atoms with Gasteiger partial charge >= 0.3 is 0 Å². The third kappa shape index (κ3) is 0.914. The Morgan fingerprint density at radius 3 is 2.58 bits per heavy atom. The summed E-state index contributed by atoms with van der Waals surface area (Å²) in [4.78, 5) is 0. The summed E-state index contributed by atoms with van der Waals surface area (Å²) in [5.41, 5.74) is 0. The molecule has 0 N–H and O–H groups in total. The highest BCUT2D eigenvalue weighted by atomic mass is 32.1. The second-order valence-electron chi connectivity index (χ2n) is 2.32. The minimum absolute atomic E-state index is 0.0116. The van der Waals surface area contributed by atoms with Gasteiger partial charge in [0.05, 0.1) is 4.70 Å². The quantitative estimate of drug-likeness (QED) is 0.556. The van der Waals surface area contributed by atoms with E-state index in [2.05, 4.69) is 0 Å². The van der Waals surface area contributed by atoms with Gasteiger partial charge in [-0.05, 0) is 11.4 Å². The van der Waals surface area contributed by atoms with Crippen LogP contribution in [0.25, 0.3) is 10.1 Å². The van der Waals surface area contributed by atoms with Crippen LogP contribution < -0.4 is 0 Å². The SMILES string of the molecule is Fc1cc(F)c2sccc2c1F. The van der Waals surface area contributed by atoms with E-state index >= 15 is 0 Å². The molecule has 2 rings (SSSR count). The molecule has 0 saturated carbocycles. The lowest BCUT2D eigenvalue weighted by Crippen LogP contribution is -1.86. The molecule has 2 aromatic rings. The first-order valence-electron chi connectivity index (χ1n) is 3.21. The highest BCUT2D eigenvalue weighted by Gasteiger charge is 2.12. The Morgan fingerprint density at radius 2 is 1.83 bits per heavy atom. The fourth-order valence-corrected chi connectivity index (χ4v) is 1.83. The molecule has 0 bridgehead atoms. The van der Waals surface area contributed by atoms with Gasteiger partial charge in [0.1, 0.15) is 5.82 Å². The first-order valence-corrected chi connectivity index (χ1v) is 4.09. The number of hydrogen-bond donors (Lipinski definition) is 0. The van der Waals surface area contributed by atoms with Crippen LogP contribution in [0.2, 0.25) is 0 Å². The summed E-state index contributed by atoms with van der Waals surface area (Å²) in [6.45, 7) is 0. The second-order valence-corrected chi connectivity index (χ2v) is 3.23. The molecular weight excluding hydrogens is 185 g/mol. The van der Waals surface area contributed by atoms with E-state index in [4.69, 9.17) is 0 Å². The predicted molar refractivity (Wildman–Crippen MR) is 41.7 cm³/mol. The van der Waals surface area contributed by atoms with E-state index in [-0.39, 0.29) is 10.1 Å². The lowest BCUT2D eigenvalue weighted by molar-refractivity contribution is 0.506. The van der Waals surface area contributed by atoms with E-state index in [1.165, 1.54) is 11.4 Å². The molecule has 0 radical (unpaired) electrons. The zero-order valence-corrected chi connectivity index (χ0v) is 6.59. The molecule has 0 aliphatic carbocycles. The molecule has 0 aliphatic rings. The van der Waals surface area contributed by atoms with Crippen molar-refractivity contribution in [2.45, 2.75) is 0 Å². The summed E-state index contributed by atoms with van der Waals surface area (Å²) < 4.78 is 38.5. The molecule has 0 nitrogen and oxygen atoms in total. The van der Waals surface area contributed by atoms with Gasteiger partial charge in [0.15, 0.2) is 11.6 Å². The van der Waals surface area contributed by atoms with Gasteiger partial charge in [-0.25, -0.2) is 13.2 Å². The van der Waals surface area contributed by atoms with E-state index in [1.54, 1.807) is 0 Å². The molecular formula is C8H3F3S. The highest BCUT2D eigenvalue weighted by molar-refractivity contribution is 7.17. The Balaban J connectivity index is 2.97. The second kappa shape index (κ2) is 2.48. The topological polar surface area (TPSA) is 0 Å². The Kier molecular flexibility index (Phi) is 1.58. The highest BCUT2D eigenvalue weighted by Crippen LogP contribution is 2.27. The monoisotopic (exact) mass is 188 g/mol. The Bertz CT molecular complexity index is 433. The molecule has 0 spiro atoms. The van der Waals surface area contributed by atoms with Gasteiger partial charge < -0.3 is 0 Å². The fourth-order valence-electron chi connectivity index (χ4n) is 1.04. The van der Waals surface area contributed by atoms with Crippen molar-refractivity contribution in [3.8, 4) is 0 Å². The van der Waals surface area contributed by atoms with Crippen LogP contribution in [0.15, 0.2) is 17.5 Å². The van der Waals surface area contributed by atoms with Gasteiger partial charge in [0, 0.05) is 11.5 Å². The first-order chi connectivity index (χ1) is 5.70. The maximum atomic E-state index is 12.9. The average Bonchev–Trinajstić information content (AvgIpc) is 2.48. The minimum atomic E-state index is -1.14. The summed E-state index contributed by atoms with van der Waals surface area (Å²) in [7, 11) is 0. The van der Waals surface area contributed by atoms with E-state index < -0.39 is 17.5 Å². The van der Waals surface area contributed by atoms with E-state index in [1.807, 2.05) is 0 Å². The largest absolute Gasteiger partial charge is 0.205 e. The Labute approximate surface area is 70.3 Å². The number of hydrogen-bond acceptors (Lipinski definition) is 1. The zero-order valence-electron chi connectivity index (χ0n) is 5.77. The van der Waals surface area contributed by atoms with Crippen LogP contribution in [-0.2, 0) is 0 Å². The molecule has 0 aliphatic heterocycles. The van der Waals surface area contributed by atoms with Crippen LogP contribution in [0.3, 0.4) is 0 Å². The molecule has 12 heavy (non-hydrogen) atoms. The Morgan fingerprint density at radius 1 is 1.08 bits per heavy atom. The smallest absolute Gasteiger partial charge is 0.167 e. The average molecular weight is 188 g/mol. The van der Waals surface area contributed by atoms with Crippen LogP contribution in [0.1, 0.15) is 0 Å². The van der Waals surface area contributed by atoms with Gasteiger partial charge in [0.2, 0.25) is 0 Å². The summed E-state index contributed by atoms with van der Waals surface area (Å²) in [5.74, 6) is -2.83. The number of thiophene rings is 1. The molecule has 0 amide bonds. The van der Waals surface area contributed by atoms with Crippen molar-refractivity contribution < 1.29 is 13.2 Å². The van der Waals surface area contributed by atoms with Crippen molar-refractivity contribution in [1.29, 1.82) is 0 Å². The zero-order chi connectivity index (χ0) is 8.72. The van der Waals surface area contributed by atoms with Crippen molar-refractivity contribution in [3.63, 3.8) is 0 Å². The molecule has 1 aromatic carbocycles. The summed E-state index contributed by atoms with van der Waals surface area (Å²) in [6, 6.07) is 1.93. The maximum absolute atomic E-state index is 12.9. The number of benzene rings is 1. The summed E-state index contributed by atoms with van der Waals surface area (Å²) >= 11 is 1.06. The molecule has 0 atom stereocenters. The minimum Gasteiger partial charge on any atom is -0.205 e. The van der Waals surface area contributed by atoms with Gasteiger partial charge in [-0.15, -0.1) is 11.3 Å². The van der Waals surface area contributed by atoms with Crippen molar-refractivity contribution in [1.82, 2.24) is 0 Å². The molecule has 4 heteroatoms. The van der Waals surface area contributed by atoms with Gasteiger partial charge in [-0.3, -0.25) is 0 Å². The Hall–Kier alpha value is -1.03. The molecule has 0 unspecified atom stereocenters. The summed E-state index contributed by atoms with van der Waals surface area (Å²) in [5, 5.41) is 1.54. The van der Waals surface area contributed by atoms with E-state index in [9.17, 15) is 13.2 Å². The van der Waals surface area contributed by atoms with Crippen molar-refractivity contribution in [2.24, 2.45) is 0 Å². The summed E-state index contributed by atoms with van der Waals surface area (Å²) in [6.07, 6.45) is 0. The first kappa shape index (κ1) is 7.61. The third-order valence-corrected chi connectivity index (χ3v) is 2.50. The molecule has 1 heterocycles. The maximum Gasteiger partial charge on any atom is 0.167 e. The van der Waals surface area contributed by atoms with Crippen molar-refractivity contribution >= 4 is 21.4 Å². The van der Waals surface area contributed by atoms with Gasteiger partial charge in [-0.2, -0.15) is 0 Å². The predicted octanol–water partition coefficient (Wildman–Crippen LogP) is 3.32. The number of rotatable bonds is 0. The van der Waals surface area contributed by atoms with Crippen molar-refractivity contribution in [2.75, 3.05) is 0 Å². The van der Waals surface area contributed by atoms with E-state index in [0.717, 1.165) is 11.3 Å². The third-order valence-electron chi connectivity index (χ3n) is 1.58. The van der Waals surface area contributed by atoms with Crippen molar-refractivity contribution in [3.05, 3.63) is 35.0 Å². The van der Waals surface area contributed by atoms with Crippen LogP contribution in [0.5, 0.6) is 0 Å². The normalized spacial score (nSPS) is 10.9. The van der Waals surface area contributed by atoms with Crippen LogP contribution in [0.4, 0.5) is 13.2 Å². The molecule has 0 saturated heterocycles. The molecule has 0 fully saturated rings. The standard InChI is InChI=1S/C8H3F3S/c9-5-3-6(10)8-4(7(5)11)1-2-12-8/h1-3H. The van der Waals surface area contributed by atoms with E-state index in [0.29, 0.717) is 6.07 Å². The molecule has 62 valence electrons. The van der Waals surface area contributed by atoms with Crippen LogP contribution >= 0.6 is 11.3 Å². The van der Waals surface area contributed by atoms with Crippen LogP contribution in [-0.4, -0.2) is 0 Å².